The van der Waals surface area contributed by atoms with E-state index in [1.807, 2.05) is 0 Å². The summed E-state index contributed by atoms with van der Waals surface area (Å²) in [6.07, 6.45) is 0.494. The summed E-state index contributed by atoms with van der Waals surface area (Å²) in [6.45, 7) is 3.22. The lowest BCUT2D eigenvalue weighted by Gasteiger charge is -2.21. The molecule has 5 nitrogen and oxygen atoms in total. The second-order valence-electron chi connectivity index (χ2n) is 4.22. The van der Waals surface area contributed by atoms with Gasteiger partial charge in [0.1, 0.15) is 17.3 Å². The van der Waals surface area contributed by atoms with Gasteiger partial charge in [0.2, 0.25) is 10.0 Å². The van der Waals surface area contributed by atoms with Gasteiger partial charge in [0.25, 0.3) is 0 Å². The smallest absolute Gasteiger partial charge is 0.321 e. The van der Waals surface area contributed by atoms with Crippen LogP contribution < -0.4 is 0 Å². The predicted molar refractivity (Wildman–Crippen MR) is 79.8 cm³/mol. The lowest BCUT2D eigenvalue weighted by atomic mass is 10.3. The highest BCUT2D eigenvalue weighted by molar-refractivity contribution is 9.10. The SMILES string of the molecule is CCCN(CC(=O)OCC)S(=O)(=O)c1cc(Br)ccc1F. The fourth-order valence-electron chi connectivity index (χ4n) is 1.70. The zero-order valence-corrected chi connectivity index (χ0v) is 14.2. The fourth-order valence-corrected chi connectivity index (χ4v) is 3.78. The summed E-state index contributed by atoms with van der Waals surface area (Å²) in [4.78, 5) is 11.1. The lowest BCUT2D eigenvalue weighted by Crippen LogP contribution is -2.37. The van der Waals surface area contributed by atoms with Crippen LogP contribution in [0.25, 0.3) is 0 Å². The monoisotopic (exact) mass is 381 g/mol. The number of carbonyl (C=O) groups excluding carboxylic acids is 1. The predicted octanol–water partition coefficient (Wildman–Crippen LogP) is 2.55. The number of hydrogen-bond acceptors (Lipinski definition) is 4. The maximum Gasteiger partial charge on any atom is 0.321 e. The Morgan fingerprint density at radius 3 is 2.62 bits per heavy atom. The second-order valence-corrected chi connectivity index (χ2v) is 7.04. The van der Waals surface area contributed by atoms with Gasteiger partial charge in [-0.2, -0.15) is 4.31 Å². The highest BCUT2D eigenvalue weighted by atomic mass is 79.9. The largest absolute Gasteiger partial charge is 0.465 e. The van der Waals surface area contributed by atoms with Crippen LogP contribution in [-0.2, 0) is 19.6 Å². The highest BCUT2D eigenvalue weighted by Gasteiger charge is 2.29. The van der Waals surface area contributed by atoms with Gasteiger partial charge in [-0.05, 0) is 31.5 Å². The van der Waals surface area contributed by atoms with Crippen LogP contribution in [0.4, 0.5) is 4.39 Å². The van der Waals surface area contributed by atoms with Gasteiger partial charge in [-0.25, -0.2) is 12.8 Å². The molecule has 0 radical (unpaired) electrons. The van der Waals surface area contributed by atoms with Gasteiger partial charge in [-0.15, -0.1) is 0 Å². The van der Waals surface area contributed by atoms with Gasteiger partial charge in [-0.1, -0.05) is 22.9 Å². The van der Waals surface area contributed by atoms with Crippen molar-refractivity contribution in [2.45, 2.75) is 25.2 Å². The van der Waals surface area contributed by atoms with Crippen LogP contribution in [0, 0.1) is 5.82 Å². The number of carbonyl (C=O) groups is 1. The van der Waals surface area contributed by atoms with Crippen molar-refractivity contribution in [1.29, 1.82) is 0 Å². The summed E-state index contributed by atoms with van der Waals surface area (Å²) < 4.78 is 44.9. The molecule has 0 aromatic heterocycles. The first-order chi connectivity index (χ1) is 9.82. The van der Waals surface area contributed by atoms with Crippen molar-refractivity contribution >= 4 is 31.9 Å². The van der Waals surface area contributed by atoms with Crippen molar-refractivity contribution < 1.29 is 22.3 Å². The number of nitrogens with zero attached hydrogens (tertiary/aromatic N) is 1. The number of hydrogen-bond donors (Lipinski definition) is 0. The van der Waals surface area contributed by atoms with E-state index in [2.05, 4.69) is 15.9 Å². The van der Waals surface area contributed by atoms with E-state index >= 15 is 0 Å². The number of halogens is 2. The summed E-state index contributed by atoms with van der Waals surface area (Å²) in [7, 11) is -4.10. The van der Waals surface area contributed by atoms with Crippen LogP contribution in [0.2, 0.25) is 0 Å². The minimum atomic E-state index is -4.10. The molecular weight excluding hydrogens is 365 g/mol. The second kappa shape index (κ2) is 7.86. The van der Waals surface area contributed by atoms with Gasteiger partial charge >= 0.3 is 5.97 Å². The number of sulfonamides is 1. The summed E-state index contributed by atoms with van der Waals surface area (Å²) in [5, 5.41) is 0. The van der Waals surface area contributed by atoms with E-state index in [-0.39, 0.29) is 13.2 Å². The quantitative estimate of drug-likeness (QED) is 0.680. The van der Waals surface area contributed by atoms with Crippen LogP contribution in [0.1, 0.15) is 20.3 Å². The highest BCUT2D eigenvalue weighted by Crippen LogP contribution is 2.23. The van der Waals surface area contributed by atoms with E-state index < -0.39 is 33.3 Å². The number of esters is 1. The normalized spacial score (nSPS) is 11.7. The average Bonchev–Trinajstić information content (AvgIpc) is 2.41. The Bertz CT molecular complexity index is 606. The molecule has 0 spiro atoms. The van der Waals surface area contributed by atoms with Crippen LogP contribution >= 0.6 is 15.9 Å². The minimum absolute atomic E-state index is 0.104. The van der Waals surface area contributed by atoms with Crippen molar-refractivity contribution in [3.8, 4) is 0 Å². The maximum absolute atomic E-state index is 13.8. The molecule has 118 valence electrons. The molecule has 21 heavy (non-hydrogen) atoms. The fraction of sp³-hybridized carbons (Fsp3) is 0.462. The Balaban J connectivity index is 3.15. The van der Waals surface area contributed by atoms with E-state index in [9.17, 15) is 17.6 Å². The third-order valence-corrected chi connectivity index (χ3v) is 4.95. The Morgan fingerprint density at radius 2 is 2.05 bits per heavy atom. The summed E-state index contributed by atoms with van der Waals surface area (Å²) >= 11 is 3.11. The molecule has 0 bridgehead atoms. The molecule has 0 fully saturated rings. The Kier molecular flexibility index (Phi) is 6.76. The average molecular weight is 382 g/mol. The lowest BCUT2D eigenvalue weighted by molar-refractivity contribution is -0.143. The number of rotatable bonds is 7. The Morgan fingerprint density at radius 1 is 1.38 bits per heavy atom. The molecule has 1 rings (SSSR count). The summed E-state index contributed by atoms with van der Waals surface area (Å²) in [6, 6.07) is 3.65. The first-order valence-electron chi connectivity index (χ1n) is 6.43. The molecule has 0 aliphatic rings. The van der Waals surface area contributed by atoms with Crippen LogP contribution in [0.3, 0.4) is 0 Å². The van der Waals surface area contributed by atoms with Gasteiger partial charge in [0.15, 0.2) is 0 Å². The molecule has 0 aliphatic carbocycles. The van der Waals surface area contributed by atoms with E-state index in [1.54, 1.807) is 13.8 Å². The summed E-state index contributed by atoms with van der Waals surface area (Å²) in [5.41, 5.74) is 0. The Hall–Kier alpha value is -0.990. The van der Waals surface area contributed by atoms with E-state index in [4.69, 9.17) is 4.74 Å². The zero-order valence-electron chi connectivity index (χ0n) is 11.8. The van der Waals surface area contributed by atoms with Gasteiger partial charge in [0.05, 0.1) is 6.61 Å². The van der Waals surface area contributed by atoms with Crippen molar-refractivity contribution in [1.82, 2.24) is 4.31 Å². The van der Waals surface area contributed by atoms with Crippen LogP contribution in [-0.4, -0.2) is 38.4 Å². The number of ether oxygens (including phenoxy) is 1. The van der Waals surface area contributed by atoms with E-state index in [0.29, 0.717) is 10.9 Å². The molecule has 8 heteroatoms. The van der Waals surface area contributed by atoms with E-state index in [0.717, 1.165) is 10.4 Å². The van der Waals surface area contributed by atoms with E-state index in [1.165, 1.54) is 12.1 Å². The molecule has 0 saturated heterocycles. The molecule has 0 heterocycles. The van der Waals surface area contributed by atoms with Gasteiger partial charge < -0.3 is 4.74 Å². The van der Waals surface area contributed by atoms with Crippen molar-refractivity contribution in [3.63, 3.8) is 0 Å². The molecule has 0 aliphatic heterocycles. The van der Waals surface area contributed by atoms with Crippen LogP contribution in [0.5, 0.6) is 0 Å². The molecule has 0 N–H and O–H groups in total. The minimum Gasteiger partial charge on any atom is -0.465 e. The molecular formula is C13H17BrFNO4S. The summed E-state index contributed by atoms with van der Waals surface area (Å²) in [5.74, 6) is -1.52. The standard InChI is InChI=1S/C13H17BrFNO4S/c1-3-7-16(9-13(17)20-4-2)21(18,19)12-8-10(14)5-6-11(12)15/h5-6,8H,3-4,7,9H2,1-2H3. The third-order valence-electron chi connectivity index (χ3n) is 2.59. The van der Waals surface area contributed by atoms with Crippen molar-refractivity contribution in [2.24, 2.45) is 0 Å². The Labute approximate surface area is 132 Å². The molecule has 1 aromatic rings. The zero-order chi connectivity index (χ0) is 16.0. The molecule has 0 amide bonds. The molecule has 0 saturated carbocycles. The molecule has 0 atom stereocenters. The van der Waals surface area contributed by atoms with Gasteiger partial charge in [0, 0.05) is 11.0 Å². The van der Waals surface area contributed by atoms with Crippen molar-refractivity contribution in [3.05, 3.63) is 28.5 Å². The number of benzene rings is 1. The van der Waals surface area contributed by atoms with Crippen LogP contribution in [0.15, 0.2) is 27.6 Å². The molecule has 1 aromatic carbocycles. The van der Waals surface area contributed by atoms with Crippen molar-refractivity contribution in [2.75, 3.05) is 19.7 Å². The maximum atomic E-state index is 13.8. The third kappa shape index (κ3) is 4.76. The molecule has 0 unspecified atom stereocenters. The van der Waals surface area contributed by atoms with Gasteiger partial charge in [-0.3, -0.25) is 4.79 Å². The first kappa shape index (κ1) is 18.1. The first-order valence-corrected chi connectivity index (χ1v) is 8.67. The topological polar surface area (TPSA) is 63.7 Å².